The Morgan fingerprint density at radius 3 is 1.81 bits per heavy atom. The largest absolute Gasteiger partial charge is 0.493 e. The summed E-state index contributed by atoms with van der Waals surface area (Å²) in [6, 6.07) is 17.6. The topological polar surface area (TPSA) is 308 Å². The molecule has 556 valence electrons. The number of methoxy groups -OCH3 is 2. The average Bonchev–Trinajstić information content (AvgIpc) is 1.62. The maximum Gasteiger partial charge on any atom is 0.260 e. The highest BCUT2D eigenvalue weighted by atomic mass is 16.7. The van der Waals surface area contributed by atoms with Crippen LogP contribution in [0.4, 0.5) is 17.1 Å². The zero-order valence-corrected chi connectivity index (χ0v) is 60.2. The average molecular weight is 1420 g/mol. The van der Waals surface area contributed by atoms with E-state index in [-0.39, 0.29) is 81.0 Å². The van der Waals surface area contributed by atoms with E-state index in [1.54, 1.807) is 75.2 Å². The number of nitrogens with zero attached hydrogens (tertiary/aromatic N) is 3. The Kier molecular flexibility index (Phi) is 34.6. The van der Waals surface area contributed by atoms with Gasteiger partial charge in [-0.1, -0.05) is 52.0 Å². The Morgan fingerprint density at radius 1 is 0.657 bits per heavy atom. The molecule has 3 heterocycles. The van der Waals surface area contributed by atoms with Gasteiger partial charge in [0.1, 0.15) is 12.1 Å². The van der Waals surface area contributed by atoms with Crippen LogP contribution in [0.3, 0.4) is 0 Å². The molecule has 0 bridgehead atoms. The van der Waals surface area contributed by atoms with Crippen molar-refractivity contribution in [2.75, 3.05) is 152 Å². The van der Waals surface area contributed by atoms with Gasteiger partial charge in [-0.25, -0.2) is 0 Å². The number of ketones is 1. The highest BCUT2D eigenvalue weighted by Crippen LogP contribution is 2.41. The molecule has 3 aliphatic rings. The fourth-order valence-corrected chi connectivity index (χ4v) is 10.7. The molecule has 3 aliphatic heterocycles. The van der Waals surface area contributed by atoms with Crippen LogP contribution in [0.25, 0.3) is 11.1 Å². The quantitative estimate of drug-likeness (QED) is 0.0182. The number of carbonyl (C=O) groups is 6. The molecular weight excluding hydrogens is 1320 g/mol. The van der Waals surface area contributed by atoms with Crippen molar-refractivity contribution >= 4 is 76.0 Å². The number of aliphatic imine (C=N–C) groups is 2. The zero-order valence-electron chi connectivity index (χ0n) is 60.2. The number of ether oxygens (including phenoxy) is 14. The normalized spacial score (nSPS) is 14.7. The van der Waals surface area contributed by atoms with Gasteiger partial charge in [0.15, 0.2) is 40.3 Å². The second-order valence-electron chi connectivity index (χ2n) is 24.3. The highest BCUT2D eigenvalue weighted by Gasteiger charge is 2.34. The van der Waals surface area contributed by atoms with Gasteiger partial charge >= 0.3 is 0 Å². The molecule has 0 aliphatic carbocycles. The third-order valence-electron chi connectivity index (χ3n) is 16.3. The van der Waals surface area contributed by atoms with Crippen LogP contribution in [-0.2, 0) is 57.1 Å². The van der Waals surface area contributed by atoms with Gasteiger partial charge in [-0.15, -0.1) is 0 Å². The summed E-state index contributed by atoms with van der Waals surface area (Å²) in [5, 5.41) is 11.1. The molecule has 27 nitrogen and oxygen atoms in total. The molecule has 0 fully saturated rings. The molecule has 27 heteroatoms. The lowest BCUT2D eigenvalue weighted by Crippen LogP contribution is -2.53. The molecule has 0 spiro atoms. The molecule has 4 aromatic rings. The third-order valence-corrected chi connectivity index (χ3v) is 16.3. The third kappa shape index (κ3) is 26.2. The Balaban J connectivity index is 0.747. The number of hydrogen-bond donors (Lipinski definition) is 4. The zero-order chi connectivity index (χ0) is 73.0. The number of fused-ring (bicyclic) bond motifs is 3. The minimum absolute atomic E-state index is 0.00461. The summed E-state index contributed by atoms with van der Waals surface area (Å²) in [6.45, 7) is 20.0. The molecule has 7 rings (SSSR count). The van der Waals surface area contributed by atoms with E-state index in [0.29, 0.717) is 176 Å². The summed E-state index contributed by atoms with van der Waals surface area (Å²) in [5.74, 6) is 1.00. The van der Waals surface area contributed by atoms with E-state index in [0.717, 1.165) is 33.8 Å². The van der Waals surface area contributed by atoms with Crippen LogP contribution >= 0.6 is 0 Å². The molecule has 4 atom stereocenters. The monoisotopic (exact) mass is 1420 g/mol. The first-order valence-corrected chi connectivity index (χ1v) is 34.8. The molecule has 0 aromatic heterocycles. The maximum absolute atomic E-state index is 14.2. The van der Waals surface area contributed by atoms with Gasteiger partial charge < -0.3 is 92.5 Å². The number of amides is 5. The summed E-state index contributed by atoms with van der Waals surface area (Å²) < 4.78 is 78.8. The Morgan fingerprint density at radius 2 is 1.24 bits per heavy atom. The Bertz CT molecular complexity index is 3490. The molecule has 0 radical (unpaired) electrons. The molecule has 0 saturated carbocycles. The summed E-state index contributed by atoms with van der Waals surface area (Å²) >= 11 is 0. The van der Waals surface area contributed by atoms with Crippen molar-refractivity contribution in [3.8, 4) is 34.5 Å². The van der Waals surface area contributed by atoms with Gasteiger partial charge in [0, 0.05) is 74.2 Å². The van der Waals surface area contributed by atoms with Crippen molar-refractivity contribution in [1.82, 2.24) is 20.9 Å². The van der Waals surface area contributed by atoms with Crippen molar-refractivity contribution in [1.29, 1.82) is 0 Å². The van der Waals surface area contributed by atoms with E-state index >= 15 is 0 Å². The number of benzene rings is 4. The Hall–Kier alpha value is -8.80. The van der Waals surface area contributed by atoms with Gasteiger partial charge in [0.05, 0.1) is 156 Å². The number of Topliss-reactive ketones (excluding diaryl/α,β-unsaturated/α-hetero) is 1. The van der Waals surface area contributed by atoms with E-state index < -0.39 is 23.9 Å². The van der Waals surface area contributed by atoms with Crippen molar-refractivity contribution in [3.05, 3.63) is 101 Å². The van der Waals surface area contributed by atoms with E-state index in [1.807, 2.05) is 49.7 Å². The number of anilines is 1. The van der Waals surface area contributed by atoms with Gasteiger partial charge in [-0.2, -0.15) is 0 Å². The van der Waals surface area contributed by atoms with Crippen molar-refractivity contribution < 1.29 is 95.1 Å². The summed E-state index contributed by atoms with van der Waals surface area (Å²) in [7, 11) is 3.02. The molecule has 4 aromatic carbocycles. The molecule has 0 saturated heterocycles. The van der Waals surface area contributed by atoms with E-state index in [4.69, 9.17) is 76.3 Å². The predicted octanol–water partition coefficient (Wildman–Crippen LogP) is 8.92. The SMILES string of the molecule is C/C=C(\CC(C)/C=N\c1cc(OCCCOc2cc3c(cc2OC)C(=O)N2C=C(c4ccc(NC(=O)C(C)NC(=O)C(NC(=O)CCOCCOCCOCCOCCOCCOCCOCCOCCNC(=O)CC)C(C)C)cc4)CC2C=N3)c(OC)cc1C(C)=O)c1ccc2c(c1)OCO2. The van der Waals surface area contributed by atoms with Crippen LogP contribution in [0.15, 0.2) is 89.0 Å². The van der Waals surface area contributed by atoms with Crippen molar-refractivity contribution in [3.63, 3.8) is 0 Å². The Labute approximate surface area is 597 Å². The maximum atomic E-state index is 14.2. The summed E-state index contributed by atoms with van der Waals surface area (Å²) in [4.78, 5) is 89.0. The smallest absolute Gasteiger partial charge is 0.260 e. The highest BCUT2D eigenvalue weighted by molar-refractivity contribution is 6.06. The predicted molar refractivity (Wildman–Crippen MR) is 384 cm³/mol. The van der Waals surface area contributed by atoms with Crippen LogP contribution in [0.2, 0.25) is 0 Å². The minimum Gasteiger partial charge on any atom is -0.493 e. The molecule has 4 unspecified atom stereocenters. The fraction of sp³-hybridized carbons (Fsp3) is 0.520. The van der Waals surface area contributed by atoms with Gasteiger partial charge in [-0.05, 0) is 97.7 Å². The van der Waals surface area contributed by atoms with E-state index in [2.05, 4.69) is 34.3 Å². The van der Waals surface area contributed by atoms with E-state index in [1.165, 1.54) is 21.1 Å². The van der Waals surface area contributed by atoms with Crippen LogP contribution in [0.5, 0.6) is 34.5 Å². The van der Waals surface area contributed by atoms with Gasteiger partial charge in [0.2, 0.25) is 30.4 Å². The molecule has 4 N–H and O–H groups in total. The summed E-state index contributed by atoms with van der Waals surface area (Å²) in [6.07, 6.45) is 9.59. The molecule has 102 heavy (non-hydrogen) atoms. The van der Waals surface area contributed by atoms with Crippen molar-refractivity contribution in [2.24, 2.45) is 21.8 Å². The standard InChI is InChI=1S/C75H101N7O20/c1-10-54(56-15-18-64-67(41-56)102-49-101-64)39-51(5)46-77-62-44-68(65(89-8)42-60(62)53(7)83)99-21-12-22-100-69-45-63-61(43-66(69)90-9)75(88)82-48-57(40-59(82)47-78-63)55-13-16-58(17-14-55)80-73(86)52(6)79-74(87)72(50(3)4)81-71(85)19-23-91-25-27-93-29-31-95-33-35-97-37-38-98-36-34-96-32-30-94-28-26-92-24-20-76-70(84)11-2/h10,13-18,41-48,50-52,59,72H,11-12,19-40,49H2,1-9H3,(H,76,84)(H,79,87)(H,80,86)(H,81,85)/b54-10+,77-46-. The van der Waals surface area contributed by atoms with Crippen molar-refractivity contribution in [2.45, 2.75) is 98.7 Å². The van der Waals surface area contributed by atoms with Crippen LogP contribution in [-0.4, -0.2) is 217 Å². The number of rotatable bonds is 49. The number of allylic oxidation sites excluding steroid dienone is 2. The van der Waals surface area contributed by atoms with Crippen LogP contribution in [0.1, 0.15) is 112 Å². The number of hydrogen-bond acceptors (Lipinski definition) is 22. The lowest BCUT2D eigenvalue weighted by atomic mass is 9.95. The minimum atomic E-state index is -0.938. The first kappa shape index (κ1) is 80.5. The van der Waals surface area contributed by atoms with Gasteiger partial charge in [-0.3, -0.25) is 38.8 Å². The number of nitrogens with one attached hydrogen (secondary N) is 4. The molecular formula is C75H101N7O20. The first-order valence-electron chi connectivity index (χ1n) is 34.8. The number of carbonyl (C=O) groups excluding carboxylic acids is 6. The van der Waals surface area contributed by atoms with Gasteiger partial charge in [0.25, 0.3) is 5.91 Å². The second kappa shape index (κ2) is 43.9. The lowest BCUT2D eigenvalue weighted by Gasteiger charge is -2.24. The summed E-state index contributed by atoms with van der Waals surface area (Å²) in [5.41, 5.74) is 6.02. The first-order chi connectivity index (χ1) is 49.5. The van der Waals surface area contributed by atoms with Crippen LogP contribution < -0.4 is 49.7 Å². The molecule has 5 amide bonds. The fourth-order valence-electron chi connectivity index (χ4n) is 10.7. The van der Waals surface area contributed by atoms with E-state index in [9.17, 15) is 28.8 Å². The second-order valence-corrected chi connectivity index (χ2v) is 24.3. The van der Waals surface area contributed by atoms with Crippen LogP contribution in [0, 0.1) is 11.8 Å². The lowest BCUT2D eigenvalue weighted by molar-refractivity contribution is -0.132.